The van der Waals surface area contributed by atoms with Gasteiger partial charge in [-0.25, -0.2) is 17.5 Å². The van der Waals surface area contributed by atoms with E-state index in [0.717, 1.165) is 0 Å². The van der Waals surface area contributed by atoms with Gasteiger partial charge in [0.1, 0.15) is 10.7 Å². The van der Waals surface area contributed by atoms with Crippen LogP contribution in [0.25, 0.3) is 0 Å². The van der Waals surface area contributed by atoms with Gasteiger partial charge < -0.3 is 5.73 Å². The van der Waals surface area contributed by atoms with Crippen LogP contribution in [-0.4, -0.2) is 21.5 Å². The van der Waals surface area contributed by atoms with Crippen LogP contribution in [0.3, 0.4) is 0 Å². The molecular formula is C9H13FN2O2S. The normalized spacial score (nSPS) is 11.7. The third kappa shape index (κ3) is 2.98. The average molecular weight is 232 g/mol. The van der Waals surface area contributed by atoms with E-state index < -0.39 is 15.8 Å². The predicted molar refractivity (Wildman–Crippen MR) is 55.4 cm³/mol. The largest absolute Gasteiger partial charge is 0.329 e. The number of rotatable bonds is 4. The summed E-state index contributed by atoms with van der Waals surface area (Å²) in [5, 5.41) is 0. The van der Waals surface area contributed by atoms with Gasteiger partial charge in [0.15, 0.2) is 0 Å². The van der Waals surface area contributed by atoms with Crippen molar-refractivity contribution in [1.82, 2.24) is 4.72 Å². The van der Waals surface area contributed by atoms with Gasteiger partial charge in [-0.15, -0.1) is 0 Å². The van der Waals surface area contributed by atoms with Gasteiger partial charge in [0.25, 0.3) is 0 Å². The van der Waals surface area contributed by atoms with Crippen molar-refractivity contribution in [3.8, 4) is 0 Å². The lowest BCUT2D eigenvalue weighted by Crippen LogP contribution is -2.29. The van der Waals surface area contributed by atoms with Crippen LogP contribution in [0.4, 0.5) is 4.39 Å². The van der Waals surface area contributed by atoms with E-state index in [9.17, 15) is 12.8 Å². The van der Waals surface area contributed by atoms with Crippen LogP contribution in [0.2, 0.25) is 0 Å². The molecule has 0 fully saturated rings. The van der Waals surface area contributed by atoms with Crippen molar-refractivity contribution in [3.63, 3.8) is 0 Å². The maximum atomic E-state index is 13.3. The maximum Gasteiger partial charge on any atom is 0.243 e. The Morgan fingerprint density at radius 2 is 2.13 bits per heavy atom. The summed E-state index contributed by atoms with van der Waals surface area (Å²) in [4.78, 5) is -0.346. The molecule has 0 radical (unpaired) electrons. The summed E-state index contributed by atoms with van der Waals surface area (Å²) in [7, 11) is -3.77. The lowest BCUT2D eigenvalue weighted by atomic mass is 10.2. The molecule has 1 aromatic rings. The van der Waals surface area contributed by atoms with Crippen molar-refractivity contribution in [2.75, 3.05) is 13.1 Å². The number of benzene rings is 1. The molecule has 1 aromatic carbocycles. The first-order chi connectivity index (χ1) is 6.97. The fourth-order valence-electron chi connectivity index (χ4n) is 1.09. The number of halogens is 1. The monoisotopic (exact) mass is 232 g/mol. The quantitative estimate of drug-likeness (QED) is 0.788. The van der Waals surface area contributed by atoms with E-state index in [2.05, 4.69) is 4.72 Å². The molecular weight excluding hydrogens is 219 g/mol. The average Bonchev–Trinajstić information content (AvgIpc) is 2.14. The predicted octanol–water partition coefficient (Wildman–Crippen LogP) is 0.371. The molecule has 15 heavy (non-hydrogen) atoms. The van der Waals surface area contributed by atoms with Crippen LogP contribution in [0, 0.1) is 12.7 Å². The van der Waals surface area contributed by atoms with Crippen LogP contribution >= 0.6 is 0 Å². The number of nitrogens with two attached hydrogens (primary N) is 1. The smallest absolute Gasteiger partial charge is 0.243 e. The Bertz CT molecular complexity index is 445. The fourth-order valence-corrected chi connectivity index (χ4v) is 2.20. The molecule has 0 aliphatic carbocycles. The van der Waals surface area contributed by atoms with Gasteiger partial charge >= 0.3 is 0 Å². The number of sulfonamides is 1. The highest BCUT2D eigenvalue weighted by Gasteiger charge is 2.17. The molecule has 0 saturated heterocycles. The lowest BCUT2D eigenvalue weighted by Gasteiger charge is -2.06. The minimum absolute atomic E-state index is 0.0929. The Balaban J connectivity index is 3.05. The SMILES string of the molecule is Cc1ccc(S(=O)(=O)NCCN)c(F)c1. The summed E-state index contributed by atoms with van der Waals surface area (Å²) in [5.41, 5.74) is 5.83. The molecule has 0 aliphatic heterocycles. The zero-order valence-corrected chi connectivity index (χ0v) is 9.14. The summed E-state index contributed by atoms with van der Waals surface area (Å²) >= 11 is 0. The summed E-state index contributed by atoms with van der Waals surface area (Å²) in [6, 6.07) is 3.96. The Hall–Kier alpha value is -0.980. The first-order valence-electron chi connectivity index (χ1n) is 4.43. The minimum Gasteiger partial charge on any atom is -0.329 e. The molecule has 0 saturated carbocycles. The molecule has 0 amide bonds. The van der Waals surface area contributed by atoms with Crippen molar-refractivity contribution >= 4 is 10.0 Å². The van der Waals surface area contributed by atoms with Gasteiger partial charge in [-0.1, -0.05) is 6.07 Å². The molecule has 1 rings (SSSR count). The number of hydrogen-bond acceptors (Lipinski definition) is 3. The van der Waals surface area contributed by atoms with E-state index >= 15 is 0 Å². The lowest BCUT2D eigenvalue weighted by molar-refractivity contribution is 0.557. The molecule has 0 atom stereocenters. The minimum atomic E-state index is -3.77. The molecule has 3 N–H and O–H groups in total. The second kappa shape index (κ2) is 4.69. The van der Waals surface area contributed by atoms with E-state index in [0.29, 0.717) is 5.56 Å². The summed E-state index contributed by atoms with van der Waals surface area (Å²) < 4.78 is 38.5. The van der Waals surface area contributed by atoms with Crippen LogP contribution in [0.1, 0.15) is 5.56 Å². The van der Waals surface area contributed by atoms with Crippen molar-refractivity contribution in [2.45, 2.75) is 11.8 Å². The summed E-state index contributed by atoms with van der Waals surface area (Å²) in [6.45, 7) is 1.95. The van der Waals surface area contributed by atoms with Crippen molar-refractivity contribution in [3.05, 3.63) is 29.6 Å². The number of aryl methyl sites for hydroxylation is 1. The standard InChI is InChI=1S/C9H13FN2O2S/c1-7-2-3-9(8(10)6-7)15(13,14)12-5-4-11/h2-3,6,12H,4-5,11H2,1H3. The molecule has 0 unspecified atom stereocenters. The number of nitrogens with one attached hydrogen (secondary N) is 1. The summed E-state index contributed by atoms with van der Waals surface area (Å²) in [5.74, 6) is -0.750. The van der Waals surface area contributed by atoms with Gasteiger partial charge in [-0.2, -0.15) is 0 Å². The van der Waals surface area contributed by atoms with Gasteiger partial charge in [-0.3, -0.25) is 0 Å². The van der Waals surface area contributed by atoms with Crippen LogP contribution in [0.5, 0.6) is 0 Å². The van der Waals surface area contributed by atoms with E-state index in [4.69, 9.17) is 5.73 Å². The van der Waals surface area contributed by atoms with Crippen LogP contribution < -0.4 is 10.5 Å². The van der Waals surface area contributed by atoms with Gasteiger partial charge in [0.2, 0.25) is 10.0 Å². The molecule has 0 heterocycles. The molecule has 0 aromatic heterocycles. The molecule has 4 nitrogen and oxygen atoms in total. The van der Waals surface area contributed by atoms with Crippen molar-refractivity contribution in [2.24, 2.45) is 5.73 Å². The van der Waals surface area contributed by atoms with Crippen LogP contribution in [-0.2, 0) is 10.0 Å². The van der Waals surface area contributed by atoms with Gasteiger partial charge in [-0.05, 0) is 24.6 Å². The molecule has 6 heteroatoms. The first-order valence-corrected chi connectivity index (χ1v) is 5.91. The van der Waals surface area contributed by atoms with Gasteiger partial charge in [0.05, 0.1) is 0 Å². The summed E-state index contributed by atoms with van der Waals surface area (Å²) in [6.07, 6.45) is 0. The highest BCUT2D eigenvalue weighted by Crippen LogP contribution is 2.15. The molecule has 0 aliphatic rings. The second-order valence-corrected chi connectivity index (χ2v) is 4.86. The third-order valence-corrected chi connectivity index (χ3v) is 3.31. The first kappa shape index (κ1) is 12.1. The second-order valence-electron chi connectivity index (χ2n) is 3.12. The Morgan fingerprint density at radius 1 is 1.47 bits per heavy atom. The molecule has 84 valence electrons. The Morgan fingerprint density at radius 3 is 2.67 bits per heavy atom. The van der Waals surface area contributed by atoms with E-state index in [-0.39, 0.29) is 18.0 Å². The molecule has 0 bridgehead atoms. The highest BCUT2D eigenvalue weighted by molar-refractivity contribution is 7.89. The van der Waals surface area contributed by atoms with Crippen molar-refractivity contribution in [1.29, 1.82) is 0 Å². The van der Waals surface area contributed by atoms with E-state index in [1.807, 2.05) is 0 Å². The van der Waals surface area contributed by atoms with E-state index in [1.54, 1.807) is 13.0 Å². The highest BCUT2D eigenvalue weighted by atomic mass is 32.2. The number of hydrogen-bond donors (Lipinski definition) is 2. The third-order valence-electron chi connectivity index (χ3n) is 1.81. The fraction of sp³-hybridized carbons (Fsp3) is 0.333. The van der Waals surface area contributed by atoms with E-state index in [1.165, 1.54) is 12.1 Å². The zero-order valence-electron chi connectivity index (χ0n) is 8.33. The Labute approximate surface area is 88.3 Å². The zero-order chi connectivity index (χ0) is 11.5. The maximum absolute atomic E-state index is 13.3. The van der Waals surface area contributed by atoms with Crippen LogP contribution in [0.15, 0.2) is 23.1 Å². The van der Waals surface area contributed by atoms with Gasteiger partial charge in [0, 0.05) is 13.1 Å². The van der Waals surface area contributed by atoms with Crippen molar-refractivity contribution < 1.29 is 12.8 Å². The molecule has 0 spiro atoms. The Kier molecular flexibility index (Phi) is 3.78. The topological polar surface area (TPSA) is 72.2 Å².